The average molecular weight is 298 g/mol. The van der Waals surface area contributed by atoms with Crippen LogP contribution in [0.4, 0.5) is 0 Å². The molecule has 0 aromatic carbocycles. The van der Waals surface area contributed by atoms with E-state index in [1.165, 1.54) is 0 Å². The van der Waals surface area contributed by atoms with Crippen LogP contribution in [0.1, 0.15) is 34.4 Å². The maximum absolute atomic E-state index is 12.9. The minimum Gasteiger partial charge on any atom is -0.328 e. The van der Waals surface area contributed by atoms with Crippen LogP contribution in [0.2, 0.25) is 0 Å². The normalized spacial score (nSPS) is 18.5. The van der Waals surface area contributed by atoms with Gasteiger partial charge in [0.25, 0.3) is 5.91 Å². The van der Waals surface area contributed by atoms with Crippen molar-refractivity contribution in [3.63, 3.8) is 0 Å². The Morgan fingerprint density at radius 3 is 3.10 bits per heavy atom. The zero-order valence-electron chi connectivity index (χ0n) is 11.3. The van der Waals surface area contributed by atoms with Gasteiger partial charge in [-0.1, -0.05) is 6.07 Å². The Morgan fingerprint density at radius 2 is 2.24 bits per heavy atom. The van der Waals surface area contributed by atoms with Crippen molar-refractivity contribution in [3.05, 3.63) is 52.7 Å². The SMILES string of the molecule is O=C(c1cccc2ccnn12)N1CCC[C@H]1c1nccs1. The van der Waals surface area contributed by atoms with Gasteiger partial charge >= 0.3 is 0 Å². The third kappa shape index (κ3) is 2.03. The summed E-state index contributed by atoms with van der Waals surface area (Å²) in [6, 6.07) is 7.69. The largest absolute Gasteiger partial charge is 0.328 e. The fourth-order valence-corrected chi connectivity index (χ4v) is 3.71. The zero-order chi connectivity index (χ0) is 14.2. The molecule has 1 atom stereocenters. The number of aromatic nitrogens is 3. The number of carbonyl (C=O) groups is 1. The Balaban J connectivity index is 1.72. The first-order chi connectivity index (χ1) is 10.3. The quantitative estimate of drug-likeness (QED) is 0.731. The molecule has 0 aliphatic carbocycles. The summed E-state index contributed by atoms with van der Waals surface area (Å²) in [5.74, 6) is 0.0296. The van der Waals surface area contributed by atoms with Crippen molar-refractivity contribution < 1.29 is 4.79 Å². The molecule has 3 aromatic heterocycles. The third-order valence-corrected chi connectivity index (χ3v) is 4.77. The standard InChI is InChI=1S/C15H14N4OS/c20-15(13-4-1-3-11-6-7-17-19(11)13)18-9-2-5-12(18)14-16-8-10-21-14/h1,3-4,6-8,10,12H,2,5,9H2/t12-/m0/s1. The minimum absolute atomic E-state index is 0.0296. The Bertz CT molecular complexity index is 780. The van der Waals surface area contributed by atoms with Gasteiger partial charge in [-0.25, -0.2) is 9.50 Å². The molecule has 1 amide bonds. The summed E-state index contributed by atoms with van der Waals surface area (Å²) in [6.45, 7) is 0.779. The Hall–Kier alpha value is -2.21. The molecule has 21 heavy (non-hydrogen) atoms. The van der Waals surface area contributed by atoms with E-state index in [0.29, 0.717) is 5.69 Å². The molecule has 0 saturated carbocycles. The van der Waals surface area contributed by atoms with Gasteiger partial charge in [-0.05, 0) is 31.0 Å². The third-order valence-electron chi connectivity index (χ3n) is 3.89. The summed E-state index contributed by atoms with van der Waals surface area (Å²) in [5, 5.41) is 7.24. The number of rotatable bonds is 2. The number of amides is 1. The van der Waals surface area contributed by atoms with Crippen molar-refractivity contribution >= 4 is 22.8 Å². The van der Waals surface area contributed by atoms with Crippen LogP contribution in [0.3, 0.4) is 0 Å². The number of hydrogen-bond donors (Lipinski definition) is 0. The molecular formula is C15H14N4OS. The van der Waals surface area contributed by atoms with E-state index < -0.39 is 0 Å². The second-order valence-corrected chi connectivity index (χ2v) is 6.03. The van der Waals surface area contributed by atoms with Gasteiger partial charge in [0.05, 0.1) is 17.8 Å². The van der Waals surface area contributed by atoms with Crippen LogP contribution in [0.25, 0.3) is 5.52 Å². The van der Waals surface area contributed by atoms with E-state index in [9.17, 15) is 4.79 Å². The molecule has 1 fully saturated rings. The predicted octanol–water partition coefficient (Wildman–Crippen LogP) is 2.77. The zero-order valence-corrected chi connectivity index (χ0v) is 12.2. The maximum atomic E-state index is 12.9. The number of thiazole rings is 1. The summed E-state index contributed by atoms with van der Waals surface area (Å²) < 4.78 is 1.71. The smallest absolute Gasteiger partial charge is 0.273 e. The minimum atomic E-state index is 0.0296. The predicted molar refractivity (Wildman–Crippen MR) is 80.3 cm³/mol. The average Bonchev–Trinajstić information content (AvgIpc) is 3.23. The van der Waals surface area contributed by atoms with Gasteiger partial charge in [-0.3, -0.25) is 4.79 Å². The van der Waals surface area contributed by atoms with E-state index in [-0.39, 0.29) is 11.9 Å². The molecular weight excluding hydrogens is 284 g/mol. The molecule has 0 bridgehead atoms. The summed E-state index contributed by atoms with van der Waals surface area (Å²) >= 11 is 1.61. The Kier molecular flexibility index (Phi) is 2.96. The molecule has 1 saturated heterocycles. The van der Waals surface area contributed by atoms with E-state index in [0.717, 1.165) is 29.9 Å². The first-order valence-electron chi connectivity index (χ1n) is 6.98. The highest BCUT2D eigenvalue weighted by atomic mass is 32.1. The molecule has 3 aromatic rings. The highest BCUT2D eigenvalue weighted by molar-refractivity contribution is 7.09. The molecule has 4 heterocycles. The van der Waals surface area contributed by atoms with Gasteiger partial charge in [0, 0.05) is 18.1 Å². The maximum Gasteiger partial charge on any atom is 0.273 e. The monoisotopic (exact) mass is 298 g/mol. The van der Waals surface area contributed by atoms with Crippen LogP contribution in [0.15, 0.2) is 42.0 Å². The van der Waals surface area contributed by atoms with Crippen LogP contribution in [-0.4, -0.2) is 31.9 Å². The van der Waals surface area contributed by atoms with Crippen molar-refractivity contribution in [1.29, 1.82) is 0 Å². The lowest BCUT2D eigenvalue weighted by atomic mass is 10.2. The molecule has 1 aliphatic rings. The van der Waals surface area contributed by atoms with Crippen molar-refractivity contribution in [2.45, 2.75) is 18.9 Å². The molecule has 5 nitrogen and oxygen atoms in total. The first-order valence-corrected chi connectivity index (χ1v) is 7.86. The molecule has 0 unspecified atom stereocenters. The fraction of sp³-hybridized carbons (Fsp3) is 0.267. The number of fused-ring (bicyclic) bond motifs is 1. The van der Waals surface area contributed by atoms with E-state index in [1.807, 2.05) is 34.5 Å². The van der Waals surface area contributed by atoms with Crippen molar-refractivity contribution in [3.8, 4) is 0 Å². The number of hydrogen-bond acceptors (Lipinski definition) is 4. The molecule has 4 rings (SSSR count). The van der Waals surface area contributed by atoms with Gasteiger partial charge in [0.15, 0.2) is 0 Å². The fourth-order valence-electron chi connectivity index (χ4n) is 2.92. The summed E-state index contributed by atoms with van der Waals surface area (Å²) in [7, 11) is 0. The molecule has 6 heteroatoms. The van der Waals surface area contributed by atoms with Crippen molar-refractivity contribution in [2.24, 2.45) is 0 Å². The van der Waals surface area contributed by atoms with Gasteiger partial charge in [-0.2, -0.15) is 5.10 Å². The van der Waals surface area contributed by atoms with E-state index in [2.05, 4.69) is 10.1 Å². The van der Waals surface area contributed by atoms with Gasteiger partial charge < -0.3 is 4.90 Å². The van der Waals surface area contributed by atoms with E-state index in [4.69, 9.17) is 0 Å². The molecule has 1 aliphatic heterocycles. The lowest BCUT2D eigenvalue weighted by Gasteiger charge is -2.23. The highest BCUT2D eigenvalue weighted by Crippen LogP contribution is 2.34. The molecule has 0 radical (unpaired) electrons. The first kappa shape index (κ1) is 12.5. The molecule has 0 spiro atoms. The van der Waals surface area contributed by atoms with Crippen LogP contribution in [0, 0.1) is 0 Å². The summed E-state index contributed by atoms with van der Waals surface area (Å²) in [6.07, 6.45) is 5.52. The van der Waals surface area contributed by atoms with E-state index >= 15 is 0 Å². The summed E-state index contributed by atoms with van der Waals surface area (Å²) in [4.78, 5) is 19.2. The van der Waals surface area contributed by atoms with Gasteiger partial charge in [0.1, 0.15) is 10.7 Å². The van der Waals surface area contributed by atoms with Crippen LogP contribution in [-0.2, 0) is 0 Å². The molecule has 0 N–H and O–H groups in total. The second-order valence-electron chi connectivity index (χ2n) is 5.11. The lowest BCUT2D eigenvalue weighted by molar-refractivity contribution is 0.0726. The van der Waals surface area contributed by atoms with Gasteiger partial charge in [0.2, 0.25) is 0 Å². The summed E-state index contributed by atoms with van der Waals surface area (Å²) in [5.41, 5.74) is 1.55. The topological polar surface area (TPSA) is 50.5 Å². The highest BCUT2D eigenvalue weighted by Gasteiger charge is 2.33. The number of carbonyl (C=O) groups excluding carboxylic acids is 1. The number of likely N-dealkylation sites (tertiary alicyclic amines) is 1. The van der Waals surface area contributed by atoms with E-state index in [1.54, 1.807) is 28.2 Å². The van der Waals surface area contributed by atoms with Crippen molar-refractivity contribution in [2.75, 3.05) is 6.54 Å². The Morgan fingerprint density at radius 1 is 1.29 bits per heavy atom. The molecule has 106 valence electrons. The van der Waals surface area contributed by atoms with Gasteiger partial charge in [-0.15, -0.1) is 11.3 Å². The Labute approximate surface area is 125 Å². The van der Waals surface area contributed by atoms with Crippen LogP contribution >= 0.6 is 11.3 Å². The van der Waals surface area contributed by atoms with Crippen molar-refractivity contribution in [1.82, 2.24) is 19.5 Å². The number of nitrogens with zero attached hydrogens (tertiary/aromatic N) is 4. The van der Waals surface area contributed by atoms with Crippen LogP contribution < -0.4 is 0 Å². The van der Waals surface area contributed by atoms with Crippen LogP contribution in [0.5, 0.6) is 0 Å². The number of pyridine rings is 1. The second kappa shape index (κ2) is 4.96. The lowest BCUT2D eigenvalue weighted by Crippen LogP contribution is -2.32.